The third-order valence-electron chi connectivity index (χ3n) is 2.93. The second-order valence-corrected chi connectivity index (χ2v) is 6.08. The Labute approximate surface area is 123 Å². The van der Waals surface area contributed by atoms with E-state index in [1.807, 2.05) is 6.92 Å². The Bertz CT molecular complexity index is 603. The average Bonchev–Trinajstić information content (AvgIpc) is 2.45. The molecule has 8 nitrogen and oxygen atoms in total. The number of hydrogen-bond donors (Lipinski definition) is 2. The van der Waals surface area contributed by atoms with Crippen molar-refractivity contribution >= 4 is 21.4 Å². The first-order valence-electron chi connectivity index (χ1n) is 6.33. The second-order valence-electron chi connectivity index (χ2n) is 4.37. The first kappa shape index (κ1) is 17.3. The first-order chi connectivity index (χ1) is 9.85. The van der Waals surface area contributed by atoms with Crippen molar-refractivity contribution < 1.29 is 18.1 Å². The fourth-order valence-electron chi connectivity index (χ4n) is 1.76. The molecule has 9 heteroatoms. The smallest absolute Gasteiger partial charge is 0.293 e. The maximum Gasteiger partial charge on any atom is 0.293 e. The van der Waals surface area contributed by atoms with Gasteiger partial charge in [0.25, 0.3) is 5.69 Å². The predicted molar refractivity (Wildman–Crippen MR) is 78.9 cm³/mol. The molecule has 1 rings (SSSR count). The second kappa shape index (κ2) is 7.34. The molecule has 0 fully saturated rings. The molecule has 0 aliphatic heterocycles. The number of ether oxygens (including phenoxy) is 1. The van der Waals surface area contributed by atoms with Crippen LogP contribution in [0.15, 0.2) is 23.1 Å². The van der Waals surface area contributed by atoms with Crippen LogP contribution in [0.3, 0.4) is 0 Å². The van der Waals surface area contributed by atoms with Crippen LogP contribution in [0.4, 0.5) is 11.4 Å². The Hall–Kier alpha value is -1.71. The number of anilines is 1. The van der Waals surface area contributed by atoms with E-state index < -0.39 is 14.9 Å². The van der Waals surface area contributed by atoms with Crippen molar-refractivity contribution in [3.8, 4) is 0 Å². The summed E-state index contributed by atoms with van der Waals surface area (Å²) in [6, 6.07) is 3.33. The molecule has 0 bridgehead atoms. The van der Waals surface area contributed by atoms with E-state index >= 15 is 0 Å². The number of rotatable bonds is 8. The van der Waals surface area contributed by atoms with Crippen LogP contribution in [0.5, 0.6) is 0 Å². The molecule has 0 saturated heterocycles. The number of nitrogens with one attached hydrogen (secondary N) is 2. The fourth-order valence-corrected chi connectivity index (χ4v) is 3.09. The first-order valence-corrected chi connectivity index (χ1v) is 7.81. The molecule has 2 N–H and O–H groups in total. The molecule has 0 spiro atoms. The van der Waals surface area contributed by atoms with Gasteiger partial charge in [-0.1, -0.05) is 6.92 Å². The highest BCUT2D eigenvalue weighted by atomic mass is 32.2. The molecular formula is C12H19N3O5S. The van der Waals surface area contributed by atoms with Gasteiger partial charge in [0.1, 0.15) is 5.69 Å². The minimum atomic E-state index is -3.84. The minimum absolute atomic E-state index is 0.150. The van der Waals surface area contributed by atoms with Gasteiger partial charge in [-0.3, -0.25) is 10.1 Å². The van der Waals surface area contributed by atoms with Gasteiger partial charge in [-0.05, 0) is 18.6 Å². The van der Waals surface area contributed by atoms with E-state index in [0.29, 0.717) is 6.42 Å². The zero-order chi connectivity index (χ0) is 16.0. The van der Waals surface area contributed by atoms with E-state index in [1.54, 1.807) is 0 Å². The average molecular weight is 317 g/mol. The van der Waals surface area contributed by atoms with Gasteiger partial charge < -0.3 is 10.1 Å². The third kappa shape index (κ3) is 4.38. The van der Waals surface area contributed by atoms with Gasteiger partial charge in [-0.25, -0.2) is 13.1 Å². The lowest BCUT2D eigenvalue weighted by molar-refractivity contribution is -0.384. The molecule has 0 aliphatic carbocycles. The predicted octanol–water partition coefficient (Wildman–Crippen LogP) is 1.34. The number of nitro benzene ring substituents is 1. The summed E-state index contributed by atoms with van der Waals surface area (Å²) in [5.41, 5.74) is -0.0388. The molecule has 0 aliphatic rings. The zero-order valence-corrected chi connectivity index (χ0v) is 12.9. The van der Waals surface area contributed by atoms with Crippen molar-refractivity contribution in [3.63, 3.8) is 0 Å². The molecule has 21 heavy (non-hydrogen) atoms. The topological polar surface area (TPSA) is 111 Å². The zero-order valence-electron chi connectivity index (χ0n) is 12.1. The van der Waals surface area contributed by atoms with Gasteiger partial charge in [0, 0.05) is 26.3 Å². The summed E-state index contributed by atoms with van der Waals surface area (Å²) < 4.78 is 31.9. The molecule has 0 radical (unpaired) electrons. The van der Waals surface area contributed by atoms with E-state index in [4.69, 9.17) is 4.74 Å². The SMILES string of the molecule is CCC(COC)NS(=O)(=O)c1ccc(NC)c([N+](=O)[O-])c1. The van der Waals surface area contributed by atoms with E-state index in [-0.39, 0.29) is 28.9 Å². The van der Waals surface area contributed by atoms with Gasteiger partial charge in [-0.15, -0.1) is 0 Å². The molecular weight excluding hydrogens is 298 g/mol. The van der Waals surface area contributed by atoms with Crippen LogP contribution in [0.25, 0.3) is 0 Å². The summed E-state index contributed by atoms with van der Waals surface area (Å²) in [6.45, 7) is 2.05. The highest BCUT2D eigenvalue weighted by molar-refractivity contribution is 7.89. The van der Waals surface area contributed by atoms with Crippen molar-refractivity contribution in [1.82, 2.24) is 4.72 Å². The lowest BCUT2D eigenvalue weighted by atomic mass is 10.3. The third-order valence-corrected chi connectivity index (χ3v) is 4.45. The van der Waals surface area contributed by atoms with E-state index in [1.165, 1.54) is 26.3 Å². The lowest BCUT2D eigenvalue weighted by Crippen LogP contribution is -2.37. The minimum Gasteiger partial charge on any atom is -0.383 e. The van der Waals surface area contributed by atoms with Crippen LogP contribution < -0.4 is 10.0 Å². The van der Waals surface area contributed by atoms with Gasteiger partial charge in [0.15, 0.2) is 0 Å². The molecule has 1 aromatic carbocycles. The van der Waals surface area contributed by atoms with E-state index in [2.05, 4.69) is 10.0 Å². The Kier molecular flexibility index (Phi) is 6.06. The summed E-state index contributed by atoms with van der Waals surface area (Å²) in [5.74, 6) is 0. The summed E-state index contributed by atoms with van der Waals surface area (Å²) in [5, 5.41) is 13.6. The van der Waals surface area contributed by atoms with Gasteiger partial charge in [0.05, 0.1) is 16.4 Å². The van der Waals surface area contributed by atoms with Crippen LogP contribution in [0.1, 0.15) is 13.3 Å². The van der Waals surface area contributed by atoms with Gasteiger partial charge >= 0.3 is 0 Å². The molecule has 0 amide bonds. The van der Waals surface area contributed by atoms with E-state index in [9.17, 15) is 18.5 Å². The Morgan fingerprint density at radius 1 is 1.43 bits per heavy atom. The quantitative estimate of drug-likeness (QED) is 0.553. The normalized spacial score (nSPS) is 12.9. The van der Waals surface area contributed by atoms with Crippen LogP contribution in [0.2, 0.25) is 0 Å². The Balaban J connectivity index is 3.14. The van der Waals surface area contributed by atoms with Gasteiger partial charge in [-0.2, -0.15) is 0 Å². The van der Waals surface area contributed by atoms with Crippen molar-refractivity contribution in [2.45, 2.75) is 24.3 Å². The molecule has 1 aromatic rings. The molecule has 0 heterocycles. The van der Waals surface area contributed by atoms with Crippen molar-refractivity contribution in [1.29, 1.82) is 0 Å². The summed E-state index contributed by atoms with van der Waals surface area (Å²) >= 11 is 0. The van der Waals surface area contributed by atoms with Crippen molar-refractivity contribution in [2.75, 3.05) is 26.1 Å². The summed E-state index contributed by atoms with van der Waals surface area (Å²) in [4.78, 5) is 10.2. The van der Waals surface area contributed by atoms with Crippen LogP contribution in [0, 0.1) is 10.1 Å². The molecule has 1 unspecified atom stereocenters. The number of benzene rings is 1. The number of methoxy groups -OCH3 is 1. The monoisotopic (exact) mass is 317 g/mol. The maximum atomic E-state index is 12.2. The molecule has 0 saturated carbocycles. The van der Waals surface area contributed by atoms with Crippen LogP contribution >= 0.6 is 0 Å². The maximum absolute atomic E-state index is 12.2. The lowest BCUT2D eigenvalue weighted by Gasteiger charge is -2.16. The van der Waals surface area contributed by atoms with Crippen LogP contribution in [-0.2, 0) is 14.8 Å². The standard InChI is InChI=1S/C12H19N3O5S/c1-4-9(8-20-3)14-21(18,19)10-5-6-11(13-2)12(7-10)15(16)17/h5-7,9,13-14H,4,8H2,1-3H3. The van der Waals surface area contributed by atoms with Crippen molar-refractivity contribution in [3.05, 3.63) is 28.3 Å². The molecule has 118 valence electrons. The van der Waals surface area contributed by atoms with Crippen molar-refractivity contribution in [2.24, 2.45) is 0 Å². The number of sulfonamides is 1. The molecule has 1 atom stereocenters. The highest BCUT2D eigenvalue weighted by Crippen LogP contribution is 2.27. The van der Waals surface area contributed by atoms with Gasteiger partial charge in [0.2, 0.25) is 10.0 Å². The summed E-state index contributed by atoms with van der Waals surface area (Å²) in [7, 11) is -0.833. The summed E-state index contributed by atoms with van der Waals surface area (Å²) in [6.07, 6.45) is 0.545. The Morgan fingerprint density at radius 2 is 2.10 bits per heavy atom. The fraction of sp³-hybridized carbons (Fsp3) is 0.500. The van der Waals surface area contributed by atoms with Crippen LogP contribution in [-0.4, -0.2) is 40.1 Å². The number of nitro groups is 1. The largest absolute Gasteiger partial charge is 0.383 e. The number of nitrogens with zero attached hydrogens (tertiary/aromatic N) is 1. The van der Waals surface area contributed by atoms with E-state index in [0.717, 1.165) is 6.07 Å². The Morgan fingerprint density at radius 3 is 2.57 bits per heavy atom. The number of hydrogen-bond acceptors (Lipinski definition) is 6. The highest BCUT2D eigenvalue weighted by Gasteiger charge is 2.23. The molecule has 0 aromatic heterocycles.